The van der Waals surface area contributed by atoms with Gasteiger partial charge in [0.15, 0.2) is 0 Å². The molecule has 3 rings (SSSR count). The van der Waals surface area contributed by atoms with Crippen molar-refractivity contribution >= 4 is 23.2 Å². The van der Waals surface area contributed by atoms with Crippen molar-refractivity contribution in [1.82, 2.24) is 0 Å². The molecule has 0 bridgehead atoms. The topological polar surface area (TPSA) is 76.7 Å². The van der Waals surface area contributed by atoms with E-state index in [1.54, 1.807) is 68.8 Å². The monoisotopic (exact) mass is 390 g/mol. The first-order chi connectivity index (χ1) is 14.0. The lowest BCUT2D eigenvalue weighted by Crippen LogP contribution is -2.14. The summed E-state index contributed by atoms with van der Waals surface area (Å²) in [6, 6.07) is 19.0. The number of amides is 2. The summed E-state index contributed by atoms with van der Waals surface area (Å²) < 4.78 is 10.4. The summed E-state index contributed by atoms with van der Waals surface area (Å²) >= 11 is 0. The molecule has 0 atom stereocenters. The molecule has 0 aliphatic heterocycles. The average molecular weight is 390 g/mol. The number of methoxy groups -OCH3 is 2. The second kappa shape index (κ2) is 8.93. The van der Waals surface area contributed by atoms with Crippen molar-refractivity contribution in [3.05, 3.63) is 83.4 Å². The van der Waals surface area contributed by atoms with Crippen molar-refractivity contribution in [3.63, 3.8) is 0 Å². The molecule has 0 aliphatic rings. The van der Waals surface area contributed by atoms with Crippen LogP contribution < -0.4 is 20.1 Å². The number of carbonyl (C=O) groups excluding carboxylic acids is 2. The number of anilines is 2. The van der Waals surface area contributed by atoms with Gasteiger partial charge < -0.3 is 20.1 Å². The van der Waals surface area contributed by atoms with Crippen molar-refractivity contribution in [3.8, 4) is 11.5 Å². The van der Waals surface area contributed by atoms with Crippen molar-refractivity contribution in [1.29, 1.82) is 0 Å². The quantitative estimate of drug-likeness (QED) is 0.649. The van der Waals surface area contributed by atoms with Gasteiger partial charge in [-0.3, -0.25) is 9.59 Å². The van der Waals surface area contributed by atoms with Crippen LogP contribution in [0.3, 0.4) is 0 Å². The molecule has 3 aromatic carbocycles. The van der Waals surface area contributed by atoms with Crippen LogP contribution in [0, 0.1) is 6.92 Å². The second-order valence-electron chi connectivity index (χ2n) is 6.42. The lowest BCUT2D eigenvalue weighted by Gasteiger charge is -2.11. The molecular weight excluding hydrogens is 368 g/mol. The van der Waals surface area contributed by atoms with Gasteiger partial charge in [-0.15, -0.1) is 0 Å². The second-order valence-corrected chi connectivity index (χ2v) is 6.42. The zero-order valence-electron chi connectivity index (χ0n) is 16.5. The maximum Gasteiger partial charge on any atom is 0.255 e. The fraction of sp³-hybridized carbons (Fsp3) is 0.130. The predicted octanol–water partition coefficient (Wildman–Crippen LogP) is 4.52. The van der Waals surface area contributed by atoms with Crippen molar-refractivity contribution < 1.29 is 19.1 Å². The van der Waals surface area contributed by atoms with Crippen LogP contribution in [-0.4, -0.2) is 26.0 Å². The molecule has 0 aromatic heterocycles. The van der Waals surface area contributed by atoms with E-state index in [4.69, 9.17) is 9.47 Å². The largest absolute Gasteiger partial charge is 0.497 e. The first kappa shape index (κ1) is 19.9. The SMILES string of the molecule is COc1ccc(NC(=O)c2ccc(C(=O)Nc3cc(C)ccc3OC)cc2)cc1. The number of aryl methyl sites for hydroxylation is 1. The lowest BCUT2D eigenvalue weighted by molar-refractivity contribution is 0.101. The third kappa shape index (κ3) is 4.93. The van der Waals surface area contributed by atoms with Crippen LogP contribution in [0.5, 0.6) is 11.5 Å². The predicted molar refractivity (Wildman–Crippen MR) is 113 cm³/mol. The first-order valence-corrected chi connectivity index (χ1v) is 9.01. The Morgan fingerprint density at radius 3 is 1.86 bits per heavy atom. The Bertz CT molecular complexity index is 1010. The van der Waals surface area contributed by atoms with Gasteiger partial charge in [-0.25, -0.2) is 0 Å². The standard InChI is InChI=1S/C23H22N2O4/c1-15-4-13-21(29-3)20(14-15)25-23(27)17-7-5-16(6-8-17)22(26)24-18-9-11-19(28-2)12-10-18/h4-14H,1-3H3,(H,24,26)(H,25,27). The molecule has 2 N–H and O–H groups in total. The molecule has 2 amide bonds. The number of ether oxygens (including phenoxy) is 2. The van der Waals surface area contributed by atoms with Crippen LogP contribution in [0.4, 0.5) is 11.4 Å². The maximum absolute atomic E-state index is 12.5. The Morgan fingerprint density at radius 1 is 0.724 bits per heavy atom. The maximum atomic E-state index is 12.5. The smallest absolute Gasteiger partial charge is 0.255 e. The summed E-state index contributed by atoms with van der Waals surface area (Å²) in [4.78, 5) is 24.9. The van der Waals surface area contributed by atoms with Crippen LogP contribution in [0.25, 0.3) is 0 Å². The van der Waals surface area contributed by atoms with Gasteiger partial charge in [-0.05, 0) is 73.2 Å². The van der Waals surface area contributed by atoms with E-state index >= 15 is 0 Å². The van der Waals surface area contributed by atoms with Crippen molar-refractivity contribution in [2.24, 2.45) is 0 Å². The Balaban J connectivity index is 1.68. The van der Waals surface area contributed by atoms with Gasteiger partial charge in [0.25, 0.3) is 11.8 Å². The normalized spacial score (nSPS) is 10.2. The molecule has 3 aromatic rings. The summed E-state index contributed by atoms with van der Waals surface area (Å²) in [6.45, 7) is 1.94. The Morgan fingerprint density at radius 2 is 1.31 bits per heavy atom. The summed E-state index contributed by atoms with van der Waals surface area (Å²) in [7, 11) is 3.14. The summed E-state index contributed by atoms with van der Waals surface area (Å²) in [6.07, 6.45) is 0. The third-order valence-electron chi connectivity index (χ3n) is 4.36. The Hall–Kier alpha value is -3.80. The van der Waals surface area contributed by atoms with Gasteiger partial charge in [0.2, 0.25) is 0 Å². The summed E-state index contributed by atoms with van der Waals surface area (Å²) in [5.41, 5.74) is 3.15. The van der Waals surface area contributed by atoms with E-state index in [-0.39, 0.29) is 11.8 Å². The van der Waals surface area contributed by atoms with Gasteiger partial charge in [-0.1, -0.05) is 6.07 Å². The van der Waals surface area contributed by atoms with Crippen LogP contribution in [-0.2, 0) is 0 Å². The minimum Gasteiger partial charge on any atom is -0.497 e. The van der Waals surface area contributed by atoms with Gasteiger partial charge in [0.1, 0.15) is 11.5 Å². The summed E-state index contributed by atoms with van der Waals surface area (Å²) in [5, 5.41) is 5.65. The first-order valence-electron chi connectivity index (χ1n) is 9.01. The zero-order chi connectivity index (χ0) is 20.8. The van der Waals surface area contributed by atoms with E-state index < -0.39 is 0 Å². The highest BCUT2D eigenvalue weighted by Gasteiger charge is 2.12. The van der Waals surface area contributed by atoms with E-state index in [2.05, 4.69) is 10.6 Å². The Kier molecular flexibility index (Phi) is 6.14. The third-order valence-corrected chi connectivity index (χ3v) is 4.36. The molecule has 0 saturated carbocycles. The van der Waals surface area contributed by atoms with E-state index in [1.165, 1.54) is 0 Å². The minimum atomic E-state index is -0.281. The van der Waals surface area contributed by atoms with Crippen LogP contribution in [0.2, 0.25) is 0 Å². The molecule has 0 aliphatic carbocycles. The lowest BCUT2D eigenvalue weighted by atomic mass is 10.1. The van der Waals surface area contributed by atoms with Crippen LogP contribution >= 0.6 is 0 Å². The highest BCUT2D eigenvalue weighted by atomic mass is 16.5. The Labute approximate surface area is 169 Å². The molecule has 6 nitrogen and oxygen atoms in total. The van der Waals surface area contributed by atoms with Gasteiger partial charge >= 0.3 is 0 Å². The van der Waals surface area contributed by atoms with Crippen molar-refractivity contribution in [2.45, 2.75) is 6.92 Å². The number of hydrogen-bond donors (Lipinski definition) is 2. The molecule has 0 heterocycles. The van der Waals surface area contributed by atoms with Crippen LogP contribution in [0.1, 0.15) is 26.3 Å². The molecule has 0 radical (unpaired) electrons. The molecule has 0 unspecified atom stereocenters. The molecule has 148 valence electrons. The highest BCUT2D eigenvalue weighted by molar-refractivity contribution is 6.07. The molecule has 0 saturated heterocycles. The van der Waals surface area contributed by atoms with Gasteiger partial charge in [0.05, 0.1) is 19.9 Å². The average Bonchev–Trinajstić information content (AvgIpc) is 2.74. The number of carbonyl (C=O) groups is 2. The van der Waals surface area contributed by atoms with E-state index in [0.717, 1.165) is 5.56 Å². The minimum absolute atomic E-state index is 0.262. The van der Waals surface area contributed by atoms with E-state index in [0.29, 0.717) is 34.0 Å². The van der Waals surface area contributed by atoms with Crippen molar-refractivity contribution in [2.75, 3.05) is 24.9 Å². The van der Waals surface area contributed by atoms with Gasteiger partial charge in [0, 0.05) is 16.8 Å². The number of benzene rings is 3. The molecule has 6 heteroatoms. The molecule has 0 fully saturated rings. The van der Waals surface area contributed by atoms with E-state index in [1.807, 2.05) is 19.1 Å². The molecule has 29 heavy (non-hydrogen) atoms. The van der Waals surface area contributed by atoms with E-state index in [9.17, 15) is 9.59 Å². The van der Waals surface area contributed by atoms with Crippen LogP contribution in [0.15, 0.2) is 66.7 Å². The fourth-order valence-electron chi connectivity index (χ4n) is 2.76. The molecule has 0 spiro atoms. The molecular formula is C23H22N2O4. The van der Waals surface area contributed by atoms with Gasteiger partial charge in [-0.2, -0.15) is 0 Å². The summed E-state index contributed by atoms with van der Waals surface area (Å²) in [5.74, 6) is 0.751. The fourth-order valence-corrected chi connectivity index (χ4v) is 2.76. The number of nitrogens with one attached hydrogen (secondary N) is 2. The number of rotatable bonds is 6. The number of hydrogen-bond acceptors (Lipinski definition) is 4. The highest BCUT2D eigenvalue weighted by Crippen LogP contribution is 2.25. The zero-order valence-corrected chi connectivity index (χ0v) is 16.5.